The molecule has 0 bridgehead atoms. The highest BCUT2D eigenvalue weighted by Gasteiger charge is 2.27. The Bertz CT molecular complexity index is 2630. The summed E-state index contributed by atoms with van der Waals surface area (Å²) in [5.74, 6) is 0.837. The second-order valence-electron chi connectivity index (χ2n) is 15.5. The van der Waals surface area contributed by atoms with Crippen molar-refractivity contribution in [1.29, 1.82) is 0 Å². The molecule has 9 rings (SSSR count). The lowest BCUT2D eigenvalue weighted by Gasteiger charge is -2.27. The molecule has 57 heavy (non-hydrogen) atoms. The first-order valence-electron chi connectivity index (χ1n) is 19.9. The summed E-state index contributed by atoms with van der Waals surface area (Å²) in [6, 6.07) is 60.0. The highest BCUT2D eigenvalue weighted by Crippen LogP contribution is 2.45. The van der Waals surface area contributed by atoms with Gasteiger partial charge in [-0.1, -0.05) is 125 Å². The van der Waals surface area contributed by atoms with Crippen LogP contribution < -0.4 is 9.80 Å². The highest BCUT2D eigenvalue weighted by molar-refractivity contribution is 6.17. The molecule has 7 heteroatoms. The van der Waals surface area contributed by atoms with Crippen LogP contribution in [0.4, 0.5) is 34.1 Å². The summed E-state index contributed by atoms with van der Waals surface area (Å²) < 4.78 is 2.30. The van der Waals surface area contributed by atoms with Gasteiger partial charge in [-0.25, -0.2) is 0 Å². The minimum Gasteiger partial charge on any atom is -0.311 e. The zero-order valence-electron chi connectivity index (χ0n) is 32.9. The largest absolute Gasteiger partial charge is 0.311 e. The lowest BCUT2D eigenvalue weighted by atomic mass is 9.93. The Balaban J connectivity index is 1.20. The molecular formula is C50H47N7. The van der Waals surface area contributed by atoms with E-state index in [9.17, 15) is 0 Å². The van der Waals surface area contributed by atoms with Crippen molar-refractivity contribution in [1.82, 2.24) is 24.8 Å². The van der Waals surface area contributed by atoms with Crippen LogP contribution in [0.2, 0.25) is 0 Å². The normalized spacial score (nSPS) is 11.6. The third-order valence-corrected chi connectivity index (χ3v) is 10.3. The molecule has 0 aliphatic carbocycles. The van der Waals surface area contributed by atoms with E-state index in [-0.39, 0.29) is 0 Å². The third kappa shape index (κ3) is 6.97. The molecule has 0 unspecified atom stereocenters. The number of benzene rings is 7. The zero-order chi connectivity index (χ0) is 38.9. The molecule has 0 saturated heterocycles. The molecule has 1 N–H and O–H groups in total. The molecule has 9 aromatic rings. The topological polar surface area (TPSA) is 57.9 Å². The van der Waals surface area contributed by atoms with Crippen molar-refractivity contribution in [3.05, 3.63) is 170 Å². The van der Waals surface area contributed by atoms with E-state index >= 15 is 0 Å². The SMILES string of the molecule is CC(C)Cn1nc2c(-c3ccc(N(c4ccccc4)c4ccccc4)cc3)c3[nH]n(CC(C)C)c3c(-c3ccc(N(c4ccccc4)c4ccccc4)cc3)c2n1. The first-order chi connectivity index (χ1) is 27.9. The number of aromatic nitrogens is 5. The summed E-state index contributed by atoms with van der Waals surface area (Å²) in [5.41, 5.74) is 15.1. The van der Waals surface area contributed by atoms with Crippen LogP contribution in [-0.2, 0) is 13.1 Å². The van der Waals surface area contributed by atoms with Crippen LogP contribution in [0.5, 0.6) is 0 Å². The molecule has 282 valence electrons. The summed E-state index contributed by atoms with van der Waals surface area (Å²) >= 11 is 0. The number of aromatic amines is 1. The maximum atomic E-state index is 5.28. The van der Waals surface area contributed by atoms with Gasteiger partial charge in [0.1, 0.15) is 11.0 Å². The van der Waals surface area contributed by atoms with E-state index in [2.05, 4.69) is 217 Å². The maximum absolute atomic E-state index is 5.28. The number of hydrogen-bond acceptors (Lipinski definition) is 4. The minimum atomic E-state index is 0.390. The van der Waals surface area contributed by atoms with Crippen molar-refractivity contribution < 1.29 is 0 Å². The average Bonchev–Trinajstić information content (AvgIpc) is 3.64. The minimum absolute atomic E-state index is 0.390. The molecule has 0 fully saturated rings. The van der Waals surface area contributed by atoms with E-state index in [1.807, 2.05) is 4.80 Å². The van der Waals surface area contributed by atoms with Crippen molar-refractivity contribution >= 4 is 56.2 Å². The van der Waals surface area contributed by atoms with Gasteiger partial charge < -0.3 is 9.80 Å². The van der Waals surface area contributed by atoms with Gasteiger partial charge in [0.15, 0.2) is 0 Å². The van der Waals surface area contributed by atoms with Crippen molar-refractivity contribution in [3.63, 3.8) is 0 Å². The first kappa shape index (κ1) is 35.8. The molecule has 0 spiro atoms. The van der Waals surface area contributed by atoms with Gasteiger partial charge in [0.05, 0.1) is 17.6 Å². The molecule has 0 radical (unpaired) electrons. The summed E-state index contributed by atoms with van der Waals surface area (Å²) in [6.45, 7) is 10.5. The Hall–Kier alpha value is -6.86. The first-order valence-corrected chi connectivity index (χ1v) is 19.9. The molecule has 2 aromatic heterocycles. The van der Waals surface area contributed by atoms with Crippen molar-refractivity contribution in [3.8, 4) is 22.3 Å². The highest BCUT2D eigenvalue weighted by atomic mass is 15.5. The average molecular weight is 746 g/mol. The van der Waals surface area contributed by atoms with Crippen molar-refractivity contribution in [2.45, 2.75) is 40.8 Å². The van der Waals surface area contributed by atoms with Gasteiger partial charge in [-0.3, -0.25) is 9.78 Å². The Morgan fingerprint density at radius 3 is 1.18 bits per heavy atom. The smallest absolute Gasteiger partial charge is 0.124 e. The number of nitrogens with one attached hydrogen (secondary N) is 1. The molecule has 0 saturated carbocycles. The number of rotatable bonds is 12. The van der Waals surface area contributed by atoms with Crippen LogP contribution in [0, 0.1) is 11.8 Å². The summed E-state index contributed by atoms with van der Waals surface area (Å²) in [5, 5.41) is 14.3. The Kier molecular flexibility index (Phi) is 9.64. The molecule has 7 nitrogen and oxygen atoms in total. The molecular weight excluding hydrogens is 699 g/mol. The molecule has 2 heterocycles. The second kappa shape index (κ2) is 15.3. The van der Waals surface area contributed by atoms with Crippen LogP contribution in [0.25, 0.3) is 44.3 Å². The summed E-state index contributed by atoms with van der Waals surface area (Å²) in [6.07, 6.45) is 0. The van der Waals surface area contributed by atoms with Gasteiger partial charge in [-0.05, 0) is 95.8 Å². The number of fused-ring (bicyclic) bond motifs is 2. The quantitative estimate of drug-likeness (QED) is 0.135. The van der Waals surface area contributed by atoms with Crippen molar-refractivity contribution in [2.24, 2.45) is 11.8 Å². The van der Waals surface area contributed by atoms with Crippen LogP contribution in [0.3, 0.4) is 0 Å². The fourth-order valence-corrected chi connectivity index (χ4v) is 7.90. The van der Waals surface area contributed by atoms with E-state index in [4.69, 9.17) is 10.2 Å². The van der Waals surface area contributed by atoms with Crippen LogP contribution in [0.15, 0.2) is 170 Å². The molecule has 0 atom stereocenters. The van der Waals surface area contributed by atoms with Gasteiger partial charge in [-0.15, -0.1) is 0 Å². The number of hydrogen-bond donors (Lipinski definition) is 1. The van der Waals surface area contributed by atoms with E-state index in [1.165, 1.54) is 0 Å². The molecule has 0 aliphatic rings. The van der Waals surface area contributed by atoms with Crippen molar-refractivity contribution in [2.75, 3.05) is 9.80 Å². The fraction of sp³-hybridized carbons (Fsp3) is 0.160. The second-order valence-corrected chi connectivity index (χ2v) is 15.5. The van der Waals surface area contributed by atoms with Gasteiger partial charge in [0.25, 0.3) is 0 Å². The molecule has 7 aromatic carbocycles. The predicted octanol–water partition coefficient (Wildman–Crippen LogP) is 13.3. The predicted molar refractivity (Wildman–Crippen MR) is 237 cm³/mol. The number of para-hydroxylation sites is 4. The lowest BCUT2D eigenvalue weighted by molar-refractivity contribution is 0.442. The van der Waals surface area contributed by atoms with Gasteiger partial charge in [-0.2, -0.15) is 15.0 Å². The Labute approximate surface area is 334 Å². The van der Waals surface area contributed by atoms with E-state index in [1.54, 1.807) is 0 Å². The maximum Gasteiger partial charge on any atom is 0.124 e. The fourth-order valence-electron chi connectivity index (χ4n) is 7.90. The molecule has 0 amide bonds. The third-order valence-electron chi connectivity index (χ3n) is 10.3. The number of anilines is 6. The monoisotopic (exact) mass is 745 g/mol. The van der Waals surface area contributed by atoms with Gasteiger partial charge >= 0.3 is 0 Å². The lowest BCUT2D eigenvalue weighted by Crippen LogP contribution is -2.16. The van der Waals surface area contributed by atoms with E-state index in [0.29, 0.717) is 11.8 Å². The Morgan fingerprint density at radius 1 is 0.439 bits per heavy atom. The zero-order valence-corrected chi connectivity index (χ0v) is 32.9. The standard InChI is InChI=1S/C50H47N7/c1-35(2)33-54-50-46(38-27-31-44(32-28-38)57(41-21-13-7-14-22-41)42-23-15-8-16-24-42)48-47(52-55(53-48)34-36(3)4)45(49(50)51-54)37-25-29-43(30-26-37)56(39-17-9-5-10-18-39)40-19-11-6-12-20-40/h5-32,35-36,51H,33-34H2,1-4H3. The summed E-state index contributed by atoms with van der Waals surface area (Å²) in [4.78, 5) is 6.49. The molecule has 0 aliphatic heterocycles. The number of nitrogens with zero attached hydrogens (tertiary/aromatic N) is 6. The summed E-state index contributed by atoms with van der Waals surface area (Å²) in [7, 11) is 0. The van der Waals surface area contributed by atoms with E-state index < -0.39 is 0 Å². The van der Waals surface area contributed by atoms with Crippen LogP contribution >= 0.6 is 0 Å². The Morgan fingerprint density at radius 2 is 0.789 bits per heavy atom. The van der Waals surface area contributed by atoms with Crippen LogP contribution in [-0.4, -0.2) is 24.8 Å². The van der Waals surface area contributed by atoms with Gasteiger partial charge in [0, 0.05) is 51.8 Å². The van der Waals surface area contributed by atoms with Gasteiger partial charge in [0.2, 0.25) is 0 Å². The van der Waals surface area contributed by atoms with Crippen LogP contribution in [0.1, 0.15) is 27.7 Å². The van der Waals surface area contributed by atoms with E-state index in [0.717, 1.165) is 91.5 Å². The number of H-pyrrole nitrogens is 1.